The number of halogens is 3. The molecular weight excluding hydrogens is 487 g/mol. The van der Waals surface area contributed by atoms with Crippen LogP contribution in [0, 0.1) is 5.41 Å². The van der Waals surface area contributed by atoms with Crippen LogP contribution in [0.4, 0.5) is 13.2 Å². The molecule has 2 aromatic carbocycles. The number of hydrogen-bond donors (Lipinski definition) is 4. The Kier molecular flexibility index (Phi) is 7.44. The molecule has 0 spiro atoms. The van der Waals surface area contributed by atoms with Crippen LogP contribution < -0.4 is 16.6 Å². The lowest BCUT2D eigenvalue weighted by atomic mass is 9.93. The number of nitrogens with two attached hydrogens (primary N) is 1. The molecule has 4 rings (SSSR count). The Balaban J connectivity index is 1.56. The van der Waals surface area contributed by atoms with E-state index in [9.17, 15) is 27.9 Å². The molecule has 37 heavy (non-hydrogen) atoms. The summed E-state index contributed by atoms with van der Waals surface area (Å²) < 4.78 is 40.4. The lowest BCUT2D eigenvalue weighted by Crippen LogP contribution is -2.38. The van der Waals surface area contributed by atoms with Gasteiger partial charge in [-0.25, -0.2) is 4.98 Å². The molecule has 1 saturated carbocycles. The quantitative estimate of drug-likeness (QED) is 0.375. The van der Waals surface area contributed by atoms with Gasteiger partial charge in [0.05, 0.1) is 29.9 Å². The number of rotatable bonds is 6. The molecule has 194 valence electrons. The molecule has 0 atom stereocenters. The van der Waals surface area contributed by atoms with E-state index in [1.807, 2.05) is 0 Å². The molecule has 0 aliphatic heterocycles. The van der Waals surface area contributed by atoms with Gasteiger partial charge in [-0.2, -0.15) is 13.2 Å². The smallest absolute Gasteiger partial charge is 0.394 e. The zero-order valence-corrected chi connectivity index (χ0v) is 19.8. The molecule has 1 aromatic heterocycles. The number of aliphatic hydroxyl groups is 1. The molecule has 5 N–H and O–H groups in total. The van der Waals surface area contributed by atoms with Crippen LogP contribution >= 0.6 is 0 Å². The summed E-state index contributed by atoms with van der Waals surface area (Å²) in [4.78, 5) is 30.0. The van der Waals surface area contributed by atoms with E-state index in [4.69, 9.17) is 11.1 Å². The Labute approximate surface area is 210 Å². The zero-order valence-electron chi connectivity index (χ0n) is 19.8. The molecule has 0 saturated heterocycles. The second kappa shape index (κ2) is 10.6. The molecule has 3 aromatic rings. The van der Waals surface area contributed by atoms with Crippen LogP contribution in [0.2, 0.25) is 0 Å². The summed E-state index contributed by atoms with van der Waals surface area (Å²) in [5, 5.41) is 20.2. The number of allylic oxidation sites excluding steroid dienone is 2. The third-order valence-electron chi connectivity index (χ3n) is 6.45. The van der Waals surface area contributed by atoms with Gasteiger partial charge in [0.1, 0.15) is 5.70 Å². The van der Waals surface area contributed by atoms with Crippen LogP contribution in [0.15, 0.2) is 59.3 Å². The number of hydrogen-bond acceptors (Lipinski definition) is 6. The lowest BCUT2D eigenvalue weighted by Gasteiger charge is -2.26. The van der Waals surface area contributed by atoms with E-state index in [2.05, 4.69) is 10.3 Å². The summed E-state index contributed by atoms with van der Waals surface area (Å²) in [6.07, 6.45) is -0.578. The summed E-state index contributed by atoms with van der Waals surface area (Å²) in [6, 6.07) is 10.8. The van der Waals surface area contributed by atoms with Crippen molar-refractivity contribution in [2.45, 2.75) is 50.6 Å². The second-order valence-electron chi connectivity index (χ2n) is 9.06. The lowest BCUT2D eigenvalue weighted by molar-refractivity contribution is -0.0918. The molecule has 8 nitrogen and oxygen atoms in total. The Morgan fingerprint density at radius 3 is 2.57 bits per heavy atom. The summed E-state index contributed by atoms with van der Waals surface area (Å²) in [5.74, 6) is -0.229. The Morgan fingerprint density at radius 1 is 1.16 bits per heavy atom. The highest BCUT2D eigenvalue weighted by molar-refractivity contribution is 6.10. The number of carbonyl (C=O) groups excluding carboxylic acids is 1. The largest absolute Gasteiger partial charge is 0.431 e. The predicted octanol–water partition coefficient (Wildman–Crippen LogP) is 3.36. The highest BCUT2D eigenvalue weighted by Crippen LogP contribution is 2.29. The monoisotopic (exact) mass is 513 g/mol. The molecule has 1 heterocycles. The number of amides is 1. The maximum absolute atomic E-state index is 13.0. The van der Waals surface area contributed by atoms with Gasteiger partial charge in [0.25, 0.3) is 11.5 Å². The fourth-order valence-corrected chi connectivity index (χ4v) is 4.40. The second-order valence-corrected chi connectivity index (χ2v) is 9.06. The first-order chi connectivity index (χ1) is 17.6. The molecule has 1 aliphatic carbocycles. The minimum Gasteiger partial charge on any atom is -0.394 e. The van der Waals surface area contributed by atoms with E-state index < -0.39 is 23.0 Å². The predicted molar refractivity (Wildman–Crippen MR) is 133 cm³/mol. The fourth-order valence-electron chi connectivity index (χ4n) is 4.40. The van der Waals surface area contributed by atoms with Gasteiger partial charge >= 0.3 is 6.18 Å². The van der Waals surface area contributed by atoms with Crippen molar-refractivity contribution in [3.63, 3.8) is 0 Å². The first-order valence-corrected chi connectivity index (χ1v) is 11.7. The molecular formula is C26H26F3N5O3. The molecule has 11 heteroatoms. The topological polar surface area (TPSA) is 134 Å². The van der Waals surface area contributed by atoms with Gasteiger partial charge in [0, 0.05) is 23.4 Å². The van der Waals surface area contributed by atoms with Crippen molar-refractivity contribution in [2.24, 2.45) is 5.73 Å². The number of aromatic nitrogens is 2. The molecule has 0 unspecified atom stereocenters. The SMILES string of the molecule is N=C/C(=C(\N)C(F)(F)F)c1ccc2c(=O)n(Cc3cccc(C(=O)NC4CCC(O)CC4)c3)cnc2c1. The molecule has 1 fully saturated rings. The Morgan fingerprint density at radius 2 is 1.89 bits per heavy atom. The summed E-state index contributed by atoms with van der Waals surface area (Å²) in [6.45, 7) is 0.132. The first kappa shape index (κ1) is 26.1. The van der Waals surface area contributed by atoms with Crippen molar-refractivity contribution in [1.29, 1.82) is 5.41 Å². The molecule has 0 bridgehead atoms. The van der Waals surface area contributed by atoms with Gasteiger partial charge in [-0.05, 0) is 61.1 Å². The van der Waals surface area contributed by atoms with Crippen molar-refractivity contribution >= 4 is 28.6 Å². The van der Waals surface area contributed by atoms with Crippen LogP contribution in [0.1, 0.15) is 47.2 Å². The number of nitrogens with one attached hydrogen (secondary N) is 2. The average molecular weight is 514 g/mol. The van der Waals surface area contributed by atoms with Crippen molar-refractivity contribution < 1.29 is 23.1 Å². The number of fused-ring (bicyclic) bond motifs is 1. The fraction of sp³-hybridized carbons (Fsp3) is 0.308. The highest BCUT2D eigenvalue weighted by Gasteiger charge is 2.34. The number of nitrogens with zero attached hydrogens (tertiary/aromatic N) is 2. The van der Waals surface area contributed by atoms with Gasteiger partial charge in [-0.1, -0.05) is 18.2 Å². The van der Waals surface area contributed by atoms with Crippen molar-refractivity contribution in [1.82, 2.24) is 14.9 Å². The normalized spacial score (nSPS) is 18.8. The number of aliphatic hydroxyl groups excluding tert-OH is 1. The van der Waals surface area contributed by atoms with Gasteiger partial charge in [0.15, 0.2) is 0 Å². The first-order valence-electron chi connectivity index (χ1n) is 11.7. The summed E-state index contributed by atoms with van der Waals surface area (Å²) in [5.41, 5.74) is 4.20. The number of carbonyl (C=O) groups is 1. The molecule has 1 aliphatic rings. The van der Waals surface area contributed by atoms with E-state index in [-0.39, 0.29) is 41.1 Å². The van der Waals surface area contributed by atoms with Gasteiger partial charge in [0.2, 0.25) is 0 Å². The van der Waals surface area contributed by atoms with Crippen molar-refractivity contribution in [3.8, 4) is 0 Å². The minimum absolute atomic E-state index is 0.00579. The van der Waals surface area contributed by atoms with Crippen LogP contribution in [0.3, 0.4) is 0 Å². The Hall–Kier alpha value is -3.99. The summed E-state index contributed by atoms with van der Waals surface area (Å²) in [7, 11) is 0. The number of benzene rings is 2. The third-order valence-corrected chi connectivity index (χ3v) is 6.45. The van der Waals surface area contributed by atoms with Crippen LogP contribution in [0.25, 0.3) is 16.5 Å². The van der Waals surface area contributed by atoms with E-state index in [1.54, 1.807) is 24.3 Å². The molecule has 0 radical (unpaired) electrons. The van der Waals surface area contributed by atoms with Crippen molar-refractivity contribution in [2.75, 3.05) is 0 Å². The maximum Gasteiger partial charge on any atom is 0.431 e. The van der Waals surface area contributed by atoms with Gasteiger partial charge < -0.3 is 21.6 Å². The maximum atomic E-state index is 13.0. The van der Waals surface area contributed by atoms with Crippen LogP contribution in [-0.2, 0) is 6.54 Å². The summed E-state index contributed by atoms with van der Waals surface area (Å²) >= 11 is 0. The van der Waals surface area contributed by atoms with E-state index in [0.717, 1.165) is 0 Å². The third kappa shape index (κ3) is 5.88. The van der Waals surface area contributed by atoms with Crippen molar-refractivity contribution in [3.05, 3.63) is 81.5 Å². The Bertz CT molecular complexity index is 1420. The standard InChI is InChI=1S/C26H26F3N5O3/c27-26(28,29)23(31)21(12-30)16-4-9-20-22(11-16)32-14-34(25(20)37)13-15-2-1-3-17(10-15)24(36)33-18-5-7-19(35)8-6-18/h1-4,9-12,14,18-19,30,35H,5-8,13,31H2,(H,33,36)/b23-21+,30-12?. The van der Waals surface area contributed by atoms with Gasteiger partial charge in [-0.3, -0.25) is 14.2 Å². The van der Waals surface area contributed by atoms with E-state index in [1.165, 1.54) is 29.1 Å². The van der Waals surface area contributed by atoms with Crippen LogP contribution in [0.5, 0.6) is 0 Å². The minimum atomic E-state index is -4.80. The number of alkyl halides is 3. The zero-order chi connectivity index (χ0) is 26.7. The van der Waals surface area contributed by atoms with E-state index in [0.29, 0.717) is 43.0 Å². The van der Waals surface area contributed by atoms with Gasteiger partial charge in [-0.15, -0.1) is 0 Å². The van der Waals surface area contributed by atoms with E-state index >= 15 is 0 Å². The average Bonchev–Trinajstić information content (AvgIpc) is 2.87. The van der Waals surface area contributed by atoms with Crippen LogP contribution in [-0.4, -0.2) is 45.1 Å². The highest BCUT2D eigenvalue weighted by atomic mass is 19.4. The molecule has 1 amide bonds.